The van der Waals surface area contributed by atoms with Gasteiger partial charge in [0, 0.05) is 6.54 Å². The van der Waals surface area contributed by atoms with Gasteiger partial charge in [0.15, 0.2) is 11.4 Å². The number of ether oxygens (including phenoxy) is 2. The Balaban J connectivity index is 1.55. The fourth-order valence-electron chi connectivity index (χ4n) is 2.25. The van der Waals surface area contributed by atoms with Gasteiger partial charge in [0.2, 0.25) is 5.88 Å². The van der Waals surface area contributed by atoms with Crippen LogP contribution >= 0.6 is 11.3 Å². The highest BCUT2D eigenvalue weighted by Crippen LogP contribution is 2.22. The molecule has 154 valence electrons. The number of hydrogen-bond donors (Lipinski definition) is 3. The van der Waals surface area contributed by atoms with Crippen molar-refractivity contribution in [1.29, 1.82) is 0 Å². The van der Waals surface area contributed by atoms with Crippen molar-refractivity contribution in [2.24, 2.45) is 5.73 Å². The van der Waals surface area contributed by atoms with Crippen LogP contribution in [0.1, 0.15) is 5.56 Å². The lowest BCUT2D eigenvalue weighted by Gasteiger charge is -2.21. The zero-order chi connectivity index (χ0) is 21.4. The predicted octanol–water partition coefficient (Wildman–Crippen LogP) is 2.30. The topological polar surface area (TPSA) is 133 Å². The molecule has 3 aromatic rings. The SMILES string of the molecule is NC(C=O)(Oc1ccccc1)C(=O)Oc1csc(NC(=O)NCc2ccccc2)n1. The number of carbonyl (C=O) groups is 3. The molecule has 3 rings (SSSR count). The third-order valence-corrected chi connectivity index (χ3v) is 4.46. The van der Waals surface area contributed by atoms with E-state index in [-0.39, 0.29) is 23.0 Å². The average molecular weight is 426 g/mol. The molecule has 0 bridgehead atoms. The molecule has 0 spiro atoms. The molecular weight excluding hydrogens is 408 g/mol. The Bertz CT molecular complexity index is 1010. The van der Waals surface area contributed by atoms with Gasteiger partial charge < -0.3 is 14.8 Å². The molecule has 10 heteroatoms. The number of thiazole rings is 1. The Hall–Kier alpha value is -3.76. The van der Waals surface area contributed by atoms with Crippen LogP contribution in [0.3, 0.4) is 0 Å². The van der Waals surface area contributed by atoms with Crippen molar-refractivity contribution in [3.8, 4) is 11.6 Å². The number of benzene rings is 2. The molecule has 0 aliphatic carbocycles. The summed E-state index contributed by atoms with van der Waals surface area (Å²) in [4.78, 5) is 39.6. The lowest BCUT2D eigenvalue weighted by Crippen LogP contribution is -2.56. The van der Waals surface area contributed by atoms with Crippen molar-refractivity contribution < 1.29 is 23.9 Å². The first-order chi connectivity index (χ1) is 14.5. The molecule has 1 aromatic heterocycles. The van der Waals surface area contributed by atoms with E-state index in [0.29, 0.717) is 6.54 Å². The maximum Gasteiger partial charge on any atom is 0.380 e. The number of aldehydes is 1. The highest BCUT2D eigenvalue weighted by atomic mass is 32.1. The van der Waals surface area contributed by atoms with Crippen molar-refractivity contribution >= 4 is 34.8 Å². The summed E-state index contributed by atoms with van der Waals surface area (Å²) < 4.78 is 10.3. The molecule has 0 saturated heterocycles. The second-order valence-corrected chi connectivity index (χ2v) is 6.86. The minimum atomic E-state index is -2.34. The number of nitrogens with zero attached hydrogens (tertiary/aromatic N) is 1. The van der Waals surface area contributed by atoms with Gasteiger partial charge in [-0.05, 0) is 17.7 Å². The fraction of sp³-hybridized carbons (Fsp3) is 0.100. The summed E-state index contributed by atoms with van der Waals surface area (Å²) in [6.45, 7) is 0.339. The summed E-state index contributed by atoms with van der Waals surface area (Å²) in [6.07, 6.45) is 0.144. The quantitative estimate of drug-likeness (QED) is 0.218. The van der Waals surface area contributed by atoms with Gasteiger partial charge in [0.05, 0.1) is 5.38 Å². The van der Waals surface area contributed by atoms with Crippen LogP contribution in [0.5, 0.6) is 11.6 Å². The van der Waals surface area contributed by atoms with Crippen LogP contribution in [-0.2, 0) is 16.1 Å². The highest BCUT2D eigenvalue weighted by molar-refractivity contribution is 7.14. The van der Waals surface area contributed by atoms with E-state index in [1.807, 2.05) is 30.3 Å². The lowest BCUT2D eigenvalue weighted by molar-refractivity contribution is -0.154. The van der Waals surface area contributed by atoms with Crippen molar-refractivity contribution in [3.63, 3.8) is 0 Å². The van der Waals surface area contributed by atoms with Crippen molar-refractivity contribution in [1.82, 2.24) is 10.3 Å². The first kappa shape index (κ1) is 21.0. The van der Waals surface area contributed by atoms with E-state index in [2.05, 4.69) is 15.6 Å². The van der Waals surface area contributed by atoms with Gasteiger partial charge in [0.1, 0.15) is 5.75 Å². The van der Waals surface area contributed by atoms with Crippen molar-refractivity contribution in [2.45, 2.75) is 12.3 Å². The van der Waals surface area contributed by atoms with Gasteiger partial charge in [0.25, 0.3) is 0 Å². The summed E-state index contributed by atoms with van der Waals surface area (Å²) in [6, 6.07) is 17.0. The molecule has 30 heavy (non-hydrogen) atoms. The van der Waals surface area contributed by atoms with E-state index in [4.69, 9.17) is 15.2 Å². The maximum absolute atomic E-state index is 12.3. The number of para-hydroxylation sites is 1. The number of anilines is 1. The maximum atomic E-state index is 12.3. The number of carbonyl (C=O) groups excluding carboxylic acids is 3. The van der Waals surface area contributed by atoms with Gasteiger partial charge in [-0.1, -0.05) is 48.5 Å². The Morgan fingerprint density at radius 1 is 1.10 bits per heavy atom. The van der Waals surface area contributed by atoms with Gasteiger partial charge >= 0.3 is 17.7 Å². The molecule has 0 radical (unpaired) electrons. The third-order valence-electron chi connectivity index (χ3n) is 3.72. The summed E-state index contributed by atoms with van der Waals surface area (Å²) in [5.41, 5.74) is 4.33. The standard InChI is InChI=1S/C20H18N4O5S/c21-20(13-25,29-15-9-5-2-6-10-15)17(26)28-16-12-30-19(23-16)24-18(27)22-11-14-7-3-1-4-8-14/h1-10,12-13H,11,21H2,(H2,22,23,24,27). The van der Waals surface area contributed by atoms with E-state index >= 15 is 0 Å². The minimum absolute atomic E-state index is 0.128. The minimum Gasteiger partial charge on any atom is -0.455 e. The normalized spacial score (nSPS) is 12.3. The van der Waals surface area contributed by atoms with Crippen LogP contribution in [0.15, 0.2) is 66.0 Å². The fourth-order valence-corrected chi connectivity index (χ4v) is 2.86. The van der Waals surface area contributed by atoms with E-state index in [1.54, 1.807) is 18.2 Å². The molecule has 1 heterocycles. The van der Waals surface area contributed by atoms with Crippen LogP contribution in [-0.4, -0.2) is 29.0 Å². The van der Waals surface area contributed by atoms with Gasteiger partial charge in [-0.25, -0.2) is 9.59 Å². The molecule has 2 amide bonds. The number of nitrogens with one attached hydrogen (secondary N) is 2. The summed E-state index contributed by atoms with van der Waals surface area (Å²) >= 11 is 1.03. The monoisotopic (exact) mass is 426 g/mol. The first-order valence-corrected chi connectivity index (χ1v) is 9.62. The molecule has 0 aliphatic heterocycles. The number of hydrogen-bond acceptors (Lipinski definition) is 8. The summed E-state index contributed by atoms with van der Waals surface area (Å²) in [7, 11) is 0. The molecule has 4 N–H and O–H groups in total. The molecule has 9 nitrogen and oxygen atoms in total. The molecule has 1 unspecified atom stereocenters. The Morgan fingerprint density at radius 2 is 1.77 bits per heavy atom. The van der Waals surface area contributed by atoms with Crippen molar-refractivity contribution in [3.05, 3.63) is 71.6 Å². The Morgan fingerprint density at radius 3 is 2.43 bits per heavy atom. The second kappa shape index (κ2) is 9.63. The molecular formula is C20H18N4O5S. The highest BCUT2D eigenvalue weighted by Gasteiger charge is 2.39. The van der Waals surface area contributed by atoms with Gasteiger partial charge in [-0.3, -0.25) is 15.8 Å². The first-order valence-electron chi connectivity index (χ1n) is 8.74. The number of aromatic nitrogens is 1. The molecule has 1 atom stereocenters. The van der Waals surface area contributed by atoms with E-state index in [1.165, 1.54) is 17.5 Å². The van der Waals surface area contributed by atoms with Crippen LogP contribution in [0.4, 0.5) is 9.93 Å². The molecule has 0 aliphatic rings. The van der Waals surface area contributed by atoms with Crippen LogP contribution in [0, 0.1) is 0 Å². The number of amides is 2. The molecule has 0 fully saturated rings. The predicted molar refractivity (Wildman–Crippen MR) is 110 cm³/mol. The summed E-state index contributed by atoms with van der Waals surface area (Å²) in [5, 5.41) is 6.80. The smallest absolute Gasteiger partial charge is 0.380 e. The summed E-state index contributed by atoms with van der Waals surface area (Å²) in [5.74, 6) is -1.05. The number of esters is 1. The Labute approximate surface area is 175 Å². The Kier molecular flexibility index (Phi) is 6.73. The van der Waals surface area contributed by atoms with E-state index in [0.717, 1.165) is 16.9 Å². The number of rotatable bonds is 8. The average Bonchev–Trinajstić information content (AvgIpc) is 3.20. The second-order valence-electron chi connectivity index (χ2n) is 6.00. The van der Waals surface area contributed by atoms with E-state index in [9.17, 15) is 14.4 Å². The van der Waals surface area contributed by atoms with Crippen LogP contribution < -0.4 is 25.8 Å². The zero-order valence-corrected chi connectivity index (χ0v) is 16.4. The number of urea groups is 1. The lowest BCUT2D eigenvalue weighted by atomic mass is 10.2. The van der Waals surface area contributed by atoms with Crippen LogP contribution in [0.2, 0.25) is 0 Å². The number of nitrogens with two attached hydrogens (primary N) is 1. The zero-order valence-electron chi connectivity index (χ0n) is 15.6. The van der Waals surface area contributed by atoms with Gasteiger partial charge in [-0.2, -0.15) is 4.98 Å². The largest absolute Gasteiger partial charge is 0.455 e. The van der Waals surface area contributed by atoms with Gasteiger partial charge in [-0.15, -0.1) is 11.3 Å². The third kappa shape index (κ3) is 5.63. The molecule has 0 saturated carbocycles. The van der Waals surface area contributed by atoms with Crippen LogP contribution in [0.25, 0.3) is 0 Å². The van der Waals surface area contributed by atoms with E-state index < -0.39 is 17.7 Å². The molecule has 2 aromatic carbocycles. The van der Waals surface area contributed by atoms with Crippen molar-refractivity contribution in [2.75, 3.05) is 5.32 Å².